The van der Waals surface area contributed by atoms with Crippen LogP contribution in [-0.2, 0) is 0 Å². The lowest BCUT2D eigenvalue weighted by molar-refractivity contribution is 0.0959. The zero-order chi connectivity index (χ0) is 8.72. The Hall–Kier alpha value is -1.58. The molecule has 2 rings (SSSR count). The highest BCUT2D eigenvalue weighted by atomic mass is 19.1. The molecule has 2 N–H and O–H groups in total. The predicted molar refractivity (Wildman–Crippen MR) is 40.6 cm³/mol. The molecule has 0 atom stereocenters. The maximum absolute atomic E-state index is 13.0. The standard InChI is InChI=1S/C8H6FNO2/c9-4-1-2-5(10)8-7(4)6(11)3-12-8/h1-2H,3,10H2. The fourth-order valence-corrected chi connectivity index (χ4v) is 1.20. The summed E-state index contributed by atoms with van der Waals surface area (Å²) in [6.07, 6.45) is 0. The molecule has 0 aromatic heterocycles. The monoisotopic (exact) mass is 167 g/mol. The number of Topliss-reactive ketones (excluding diaryl/α,β-unsaturated/α-hetero) is 1. The van der Waals surface area contributed by atoms with Crippen molar-refractivity contribution < 1.29 is 13.9 Å². The van der Waals surface area contributed by atoms with Crippen molar-refractivity contribution in [2.75, 3.05) is 12.3 Å². The molecular formula is C8H6FNO2. The van der Waals surface area contributed by atoms with E-state index >= 15 is 0 Å². The van der Waals surface area contributed by atoms with E-state index < -0.39 is 5.82 Å². The number of ketones is 1. The normalized spacial score (nSPS) is 14.2. The van der Waals surface area contributed by atoms with Crippen molar-refractivity contribution in [2.24, 2.45) is 0 Å². The van der Waals surface area contributed by atoms with Crippen molar-refractivity contribution in [1.29, 1.82) is 0 Å². The van der Waals surface area contributed by atoms with Gasteiger partial charge in [0.2, 0.25) is 5.78 Å². The number of benzene rings is 1. The van der Waals surface area contributed by atoms with Crippen LogP contribution in [0.1, 0.15) is 10.4 Å². The van der Waals surface area contributed by atoms with Crippen LogP contribution in [0, 0.1) is 5.82 Å². The van der Waals surface area contributed by atoms with E-state index in [1.807, 2.05) is 0 Å². The lowest BCUT2D eigenvalue weighted by Crippen LogP contribution is -2.00. The summed E-state index contributed by atoms with van der Waals surface area (Å²) in [7, 11) is 0. The Morgan fingerprint density at radius 2 is 2.25 bits per heavy atom. The SMILES string of the molecule is Nc1ccc(F)c2c1OCC2=O. The second-order valence-corrected chi connectivity index (χ2v) is 2.55. The minimum Gasteiger partial charge on any atom is -0.482 e. The zero-order valence-corrected chi connectivity index (χ0v) is 6.13. The van der Waals surface area contributed by atoms with Crippen LogP contribution in [0.5, 0.6) is 5.75 Å². The quantitative estimate of drug-likeness (QED) is 0.586. The first-order chi connectivity index (χ1) is 5.70. The molecule has 1 aliphatic heterocycles. The minimum atomic E-state index is -0.568. The number of nitrogen functional groups attached to an aromatic ring is 1. The molecule has 0 saturated heterocycles. The Morgan fingerprint density at radius 3 is 2.92 bits per heavy atom. The van der Waals surface area contributed by atoms with Crippen LogP contribution in [0.4, 0.5) is 10.1 Å². The Balaban J connectivity index is 2.72. The van der Waals surface area contributed by atoms with E-state index in [0.29, 0.717) is 5.69 Å². The van der Waals surface area contributed by atoms with Crippen molar-refractivity contribution >= 4 is 11.5 Å². The Bertz CT molecular complexity index is 362. The van der Waals surface area contributed by atoms with Crippen molar-refractivity contribution in [3.8, 4) is 5.75 Å². The molecule has 0 fully saturated rings. The second-order valence-electron chi connectivity index (χ2n) is 2.55. The minimum absolute atomic E-state index is 0.0185. The van der Waals surface area contributed by atoms with Crippen LogP contribution in [0.15, 0.2) is 12.1 Å². The van der Waals surface area contributed by atoms with Gasteiger partial charge in [-0.2, -0.15) is 0 Å². The van der Waals surface area contributed by atoms with Gasteiger partial charge in [0.25, 0.3) is 0 Å². The van der Waals surface area contributed by atoms with Gasteiger partial charge in [-0.25, -0.2) is 4.39 Å². The number of hydrogen-bond acceptors (Lipinski definition) is 3. The number of hydrogen-bond donors (Lipinski definition) is 1. The first kappa shape index (κ1) is 7.09. The molecule has 4 heteroatoms. The molecule has 1 heterocycles. The fraction of sp³-hybridized carbons (Fsp3) is 0.125. The number of carbonyl (C=O) groups excluding carboxylic acids is 1. The van der Waals surface area contributed by atoms with Crippen LogP contribution in [-0.4, -0.2) is 12.4 Å². The number of halogens is 1. The summed E-state index contributed by atoms with van der Waals surface area (Å²) in [6, 6.07) is 2.55. The van der Waals surface area contributed by atoms with Gasteiger partial charge in [0.1, 0.15) is 11.4 Å². The van der Waals surface area contributed by atoms with Gasteiger partial charge in [-0.15, -0.1) is 0 Å². The van der Waals surface area contributed by atoms with E-state index in [0.717, 1.165) is 0 Å². The van der Waals surface area contributed by atoms with E-state index in [4.69, 9.17) is 10.5 Å². The van der Waals surface area contributed by atoms with Crippen LogP contribution in [0.25, 0.3) is 0 Å². The first-order valence-electron chi connectivity index (χ1n) is 3.44. The van der Waals surface area contributed by atoms with Crippen LogP contribution in [0.2, 0.25) is 0 Å². The molecule has 0 radical (unpaired) electrons. The third kappa shape index (κ3) is 0.777. The lowest BCUT2D eigenvalue weighted by Gasteiger charge is -2.01. The van der Waals surface area contributed by atoms with Crippen LogP contribution in [0.3, 0.4) is 0 Å². The van der Waals surface area contributed by atoms with Gasteiger partial charge in [-0.1, -0.05) is 0 Å². The molecule has 0 amide bonds. The molecule has 0 aliphatic carbocycles. The van der Waals surface area contributed by atoms with Crippen LogP contribution < -0.4 is 10.5 Å². The average molecular weight is 167 g/mol. The van der Waals surface area contributed by atoms with Gasteiger partial charge >= 0.3 is 0 Å². The third-order valence-electron chi connectivity index (χ3n) is 1.76. The summed E-state index contributed by atoms with van der Waals surface area (Å²) >= 11 is 0. The maximum Gasteiger partial charge on any atom is 0.206 e. The topological polar surface area (TPSA) is 52.3 Å². The maximum atomic E-state index is 13.0. The smallest absolute Gasteiger partial charge is 0.206 e. The van der Waals surface area contributed by atoms with Crippen molar-refractivity contribution in [2.45, 2.75) is 0 Å². The summed E-state index contributed by atoms with van der Waals surface area (Å²) in [5.41, 5.74) is 5.74. The largest absolute Gasteiger partial charge is 0.482 e. The summed E-state index contributed by atoms with van der Waals surface area (Å²) in [5, 5.41) is 0. The number of carbonyl (C=O) groups is 1. The third-order valence-corrected chi connectivity index (χ3v) is 1.76. The molecule has 1 aromatic rings. The first-order valence-corrected chi connectivity index (χ1v) is 3.44. The zero-order valence-electron chi connectivity index (χ0n) is 6.13. The van der Waals surface area contributed by atoms with Crippen molar-refractivity contribution in [3.05, 3.63) is 23.5 Å². The van der Waals surface area contributed by atoms with Crippen LogP contribution >= 0.6 is 0 Å². The van der Waals surface area contributed by atoms with Crippen molar-refractivity contribution in [3.63, 3.8) is 0 Å². The molecule has 3 nitrogen and oxygen atoms in total. The Labute approximate surface area is 67.9 Å². The Morgan fingerprint density at radius 1 is 1.50 bits per heavy atom. The number of ether oxygens (including phenoxy) is 1. The molecule has 62 valence electrons. The van der Waals surface area contributed by atoms with E-state index in [1.54, 1.807) is 0 Å². The fourth-order valence-electron chi connectivity index (χ4n) is 1.20. The molecule has 0 unspecified atom stereocenters. The average Bonchev–Trinajstić information content (AvgIpc) is 2.42. The van der Waals surface area contributed by atoms with Gasteiger partial charge in [-0.05, 0) is 12.1 Å². The highest BCUT2D eigenvalue weighted by Gasteiger charge is 2.26. The summed E-state index contributed by atoms with van der Waals surface area (Å²) < 4.78 is 17.9. The number of fused-ring (bicyclic) bond motifs is 1. The van der Waals surface area contributed by atoms with Gasteiger partial charge in [-0.3, -0.25) is 4.79 Å². The highest BCUT2D eigenvalue weighted by Crippen LogP contribution is 2.33. The molecule has 0 bridgehead atoms. The molecule has 12 heavy (non-hydrogen) atoms. The van der Waals surface area contributed by atoms with Gasteiger partial charge < -0.3 is 10.5 Å². The molecular weight excluding hydrogens is 161 g/mol. The van der Waals surface area contributed by atoms with Gasteiger partial charge in [0, 0.05) is 0 Å². The highest BCUT2D eigenvalue weighted by molar-refractivity contribution is 6.04. The second kappa shape index (κ2) is 2.20. The predicted octanol–water partition coefficient (Wildman–Crippen LogP) is 0.983. The molecule has 1 aromatic carbocycles. The molecule has 1 aliphatic rings. The summed E-state index contributed by atoms with van der Waals surface area (Å²) in [4.78, 5) is 11.0. The Kier molecular flexibility index (Phi) is 1.30. The van der Waals surface area contributed by atoms with E-state index in [9.17, 15) is 9.18 Å². The summed E-state index contributed by atoms with van der Waals surface area (Å²) in [5.74, 6) is -0.739. The van der Waals surface area contributed by atoms with E-state index in [1.165, 1.54) is 12.1 Å². The number of rotatable bonds is 0. The summed E-state index contributed by atoms with van der Waals surface area (Å²) in [6.45, 7) is -0.111. The molecule has 0 saturated carbocycles. The lowest BCUT2D eigenvalue weighted by atomic mass is 10.1. The number of nitrogens with two attached hydrogens (primary N) is 1. The van der Waals surface area contributed by atoms with E-state index in [2.05, 4.69) is 0 Å². The van der Waals surface area contributed by atoms with Gasteiger partial charge in [0.15, 0.2) is 12.4 Å². The van der Waals surface area contributed by atoms with Gasteiger partial charge in [0.05, 0.1) is 5.69 Å². The van der Waals surface area contributed by atoms with E-state index in [-0.39, 0.29) is 23.7 Å². The molecule has 0 spiro atoms. The number of anilines is 1. The van der Waals surface area contributed by atoms with Crippen molar-refractivity contribution in [1.82, 2.24) is 0 Å².